The van der Waals surface area contributed by atoms with Gasteiger partial charge in [-0.2, -0.15) is 0 Å². The second-order valence-corrected chi connectivity index (χ2v) is 4.80. The molecule has 24 heavy (non-hydrogen) atoms. The van der Waals surface area contributed by atoms with Gasteiger partial charge in [0.15, 0.2) is 5.82 Å². The molecule has 0 fully saturated rings. The molecule has 3 rings (SSSR count). The van der Waals surface area contributed by atoms with Gasteiger partial charge in [-0.1, -0.05) is 18.2 Å². The van der Waals surface area contributed by atoms with Crippen molar-refractivity contribution in [1.82, 2.24) is 14.8 Å². The molecule has 1 aromatic heterocycles. The standard InChI is InChI=1S/C16H10F3N3O2/c17-16(18,19)24-14-6-4-13(5-7-14)22-10-20-15(21-22)12-3-1-2-11(8-12)9-23/h1-10H. The van der Waals surface area contributed by atoms with E-state index in [0.29, 0.717) is 22.6 Å². The highest BCUT2D eigenvalue weighted by Crippen LogP contribution is 2.24. The molecule has 0 atom stereocenters. The molecule has 0 saturated carbocycles. The van der Waals surface area contributed by atoms with E-state index in [2.05, 4.69) is 14.8 Å². The van der Waals surface area contributed by atoms with Gasteiger partial charge < -0.3 is 4.74 Å². The van der Waals surface area contributed by atoms with Crippen LogP contribution in [0.25, 0.3) is 17.1 Å². The zero-order chi connectivity index (χ0) is 17.2. The largest absolute Gasteiger partial charge is 0.573 e. The SMILES string of the molecule is O=Cc1cccc(-c2ncn(-c3ccc(OC(F)(F)F)cc3)n2)c1. The minimum atomic E-state index is -4.73. The minimum Gasteiger partial charge on any atom is -0.406 e. The average molecular weight is 333 g/mol. The van der Waals surface area contributed by atoms with E-state index in [1.165, 1.54) is 35.3 Å². The monoisotopic (exact) mass is 333 g/mol. The van der Waals surface area contributed by atoms with Gasteiger partial charge in [0, 0.05) is 11.1 Å². The molecule has 0 N–H and O–H groups in total. The van der Waals surface area contributed by atoms with E-state index in [1.54, 1.807) is 24.3 Å². The fourth-order valence-electron chi connectivity index (χ4n) is 2.07. The van der Waals surface area contributed by atoms with E-state index in [4.69, 9.17) is 0 Å². The fourth-order valence-corrected chi connectivity index (χ4v) is 2.07. The number of alkyl halides is 3. The van der Waals surface area contributed by atoms with Crippen molar-refractivity contribution in [1.29, 1.82) is 0 Å². The first kappa shape index (κ1) is 15.7. The molecule has 122 valence electrons. The summed E-state index contributed by atoms with van der Waals surface area (Å²) in [5.74, 6) is 0.0830. The highest BCUT2D eigenvalue weighted by molar-refractivity contribution is 5.77. The number of ether oxygens (including phenoxy) is 1. The van der Waals surface area contributed by atoms with Crippen molar-refractivity contribution in [3.63, 3.8) is 0 Å². The second-order valence-electron chi connectivity index (χ2n) is 4.80. The number of nitrogens with zero attached hydrogens (tertiary/aromatic N) is 3. The lowest BCUT2D eigenvalue weighted by atomic mass is 10.1. The van der Waals surface area contributed by atoms with Crippen LogP contribution >= 0.6 is 0 Å². The van der Waals surface area contributed by atoms with E-state index in [9.17, 15) is 18.0 Å². The fraction of sp³-hybridized carbons (Fsp3) is 0.0625. The van der Waals surface area contributed by atoms with Gasteiger partial charge in [-0.05, 0) is 30.3 Å². The summed E-state index contributed by atoms with van der Waals surface area (Å²) in [5.41, 5.74) is 1.68. The molecule has 0 saturated heterocycles. The summed E-state index contributed by atoms with van der Waals surface area (Å²) in [7, 11) is 0. The molecule has 0 aliphatic rings. The number of halogens is 3. The molecule has 0 unspecified atom stereocenters. The summed E-state index contributed by atoms with van der Waals surface area (Å²) in [6.45, 7) is 0. The van der Waals surface area contributed by atoms with Crippen molar-refractivity contribution in [3.8, 4) is 22.8 Å². The van der Waals surface area contributed by atoms with Crippen molar-refractivity contribution < 1.29 is 22.7 Å². The summed E-state index contributed by atoms with van der Waals surface area (Å²) < 4.78 is 41.7. The van der Waals surface area contributed by atoms with Gasteiger partial charge in [0.2, 0.25) is 0 Å². The maximum atomic E-state index is 12.1. The molecule has 8 heteroatoms. The zero-order valence-corrected chi connectivity index (χ0v) is 12.1. The Morgan fingerprint density at radius 1 is 1.08 bits per heavy atom. The number of aldehydes is 1. The molecule has 0 amide bonds. The minimum absolute atomic E-state index is 0.315. The summed E-state index contributed by atoms with van der Waals surface area (Å²) in [6.07, 6.45) is -2.58. The van der Waals surface area contributed by atoms with Gasteiger partial charge in [-0.3, -0.25) is 4.79 Å². The van der Waals surface area contributed by atoms with Crippen LogP contribution in [-0.2, 0) is 0 Å². The van der Waals surface area contributed by atoms with Crippen LogP contribution in [0.1, 0.15) is 10.4 Å². The number of hydrogen-bond acceptors (Lipinski definition) is 4. The van der Waals surface area contributed by atoms with E-state index in [1.807, 2.05) is 0 Å². The van der Waals surface area contributed by atoms with Crippen molar-refractivity contribution in [2.45, 2.75) is 6.36 Å². The average Bonchev–Trinajstić information content (AvgIpc) is 3.04. The molecule has 0 aliphatic carbocycles. The molecular weight excluding hydrogens is 323 g/mol. The third-order valence-corrected chi connectivity index (χ3v) is 3.11. The Morgan fingerprint density at radius 2 is 1.83 bits per heavy atom. The second kappa shape index (κ2) is 6.15. The van der Waals surface area contributed by atoms with Crippen LogP contribution in [-0.4, -0.2) is 27.4 Å². The lowest BCUT2D eigenvalue weighted by molar-refractivity contribution is -0.274. The first-order chi connectivity index (χ1) is 11.4. The van der Waals surface area contributed by atoms with Crippen LogP contribution in [0.4, 0.5) is 13.2 Å². The smallest absolute Gasteiger partial charge is 0.406 e. The number of carbonyl (C=O) groups excluding carboxylic acids is 1. The summed E-state index contributed by atoms with van der Waals surface area (Å²) >= 11 is 0. The third-order valence-electron chi connectivity index (χ3n) is 3.11. The van der Waals surface area contributed by atoms with Gasteiger partial charge in [0.1, 0.15) is 18.4 Å². The Balaban J connectivity index is 1.83. The summed E-state index contributed by atoms with van der Waals surface area (Å²) in [6, 6.07) is 12.0. The molecule has 2 aromatic carbocycles. The predicted molar refractivity (Wildman–Crippen MR) is 78.9 cm³/mol. The molecule has 1 heterocycles. The third kappa shape index (κ3) is 3.60. The zero-order valence-electron chi connectivity index (χ0n) is 12.1. The van der Waals surface area contributed by atoms with Gasteiger partial charge in [0.05, 0.1) is 5.69 Å². The Labute approximate surface area is 134 Å². The Bertz CT molecular complexity index is 858. The van der Waals surface area contributed by atoms with Gasteiger partial charge in [-0.25, -0.2) is 9.67 Å². The van der Waals surface area contributed by atoms with Crippen molar-refractivity contribution in [2.24, 2.45) is 0 Å². The van der Waals surface area contributed by atoms with E-state index < -0.39 is 6.36 Å². The Kier molecular flexibility index (Phi) is 4.03. The first-order valence-electron chi connectivity index (χ1n) is 6.78. The highest BCUT2D eigenvalue weighted by Gasteiger charge is 2.30. The van der Waals surface area contributed by atoms with E-state index in [-0.39, 0.29) is 5.75 Å². The topological polar surface area (TPSA) is 57.0 Å². The van der Waals surface area contributed by atoms with Crippen LogP contribution in [0.3, 0.4) is 0 Å². The van der Waals surface area contributed by atoms with Crippen molar-refractivity contribution in [3.05, 3.63) is 60.4 Å². The molecule has 0 aliphatic heterocycles. The summed E-state index contributed by atoms with van der Waals surface area (Å²) in [5, 5.41) is 4.26. The van der Waals surface area contributed by atoms with Crippen molar-refractivity contribution in [2.75, 3.05) is 0 Å². The lowest BCUT2D eigenvalue weighted by Gasteiger charge is -2.09. The highest BCUT2D eigenvalue weighted by atomic mass is 19.4. The number of carbonyl (C=O) groups is 1. The molecule has 0 spiro atoms. The van der Waals surface area contributed by atoms with Gasteiger partial charge >= 0.3 is 6.36 Å². The van der Waals surface area contributed by atoms with Crippen LogP contribution in [0, 0.1) is 0 Å². The molecule has 0 bridgehead atoms. The molecule has 5 nitrogen and oxygen atoms in total. The Morgan fingerprint density at radius 3 is 2.50 bits per heavy atom. The van der Waals surface area contributed by atoms with Crippen molar-refractivity contribution >= 4 is 6.29 Å². The Hall–Kier alpha value is -3.16. The quantitative estimate of drug-likeness (QED) is 0.684. The van der Waals surface area contributed by atoms with Crippen LogP contribution in [0.15, 0.2) is 54.9 Å². The number of benzene rings is 2. The number of rotatable bonds is 4. The van der Waals surface area contributed by atoms with Gasteiger partial charge in [0.25, 0.3) is 0 Å². The molecular formula is C16H10F3N3O2. The van der Waals surface area contributed by atoms with E-state index in [0.717, 1.165) is 6.29 Å². The van der Waals surface area contributed by atoms with E-state index >= 15 is 0 Å². The number of aromatic nitrogens is 3. The lowest BCUT2D eigenvalue weighted by Crippen LogP contribution is -2.17. The normalized spacial score (nSPS) is 11.3. The first-order valence-corrected chi connectivity index (χ1v) is 6.78. The maximum absolute atomic E-state index is 12.1. The summed E-state index contributed by atoms with van der Waals surface area (Å²) in [4.78, 5) is 15.0. The predicted octanol–water partition coefficient (Wildman–Crippen LogP) is 3.65. The van der Waals surface area contributed by atoms with Gasteiger partial charge in [-0.15, -0.1) is 18.3 Å². The number of hydrogen-bond donors (Lipinski definition) is 0. The molecule has 3 aromatic rings. The van der Waals surface area contributed by atoms with Crippen LogP contribution in [0.2, 0.25) is 0 Å². The maximum Gasteiger partial charge on any atom is 0.573 e. The molecule has 0 radical (unpaired) electrons. The van der Waals surface area contributed by atoms with Crippen LogP contribution in [0.5, 0.6) is 5.75 Å². The van der Waals surface area contributed by atoms with Crippen LogP contribution < -0.4 is 4.74 Å².